The summed E-state index contributed by atoms with van der Waals surface area (Å²) in [6.45, 7) is 4.48. The van der Waals surface area contributed by atoms with E-state index >= 15 is 0 Å². The van der Waals surface area contributed by atoms with E-state index in [0.717, 1.165) is 18.4 Å². The van der Waals surface area contributed by atoms with Crippen molar-refractivity contribution in [2.75, 3.05) is 27.2 Å². The van der Waals surface area contributed by atoms with Crippen molar-refractivity contribution >= 4 is 17.3 Å². The van der Waals surface area contributed by atoms with Crippen LogP contribution in [0.25, 0.3) is 0 Å². The molecule has 4 nitrogen and oxygen atoms in total. The molecule has 1 aromatic rings. The number of guanidine groups is 1. The van der Waals surface area contributed by atoms with Crippen LogP contribution in [0.2, 0.25) is 0 Å². The van der Waals surface area contributed by atoms with E-state index in [1.165, 1.54) is 30.7 Å². The lowest BCUT2D eigenvalue weighted by Gasteiger charge is -2.39. The van der Waals surface area contributed by atoms with Gasteiger partial charge in [0.1, 0.15) is 0 Å². The molecule has 2 heterocycles. The SMILES string of the molecule is CN=C(NCC1CCCN(C)C1c1cccs1)NC1CC1C. The second-order valence-electron chi connectivity index (χ2n) is 6.76. The molecule has 2 aliphatic rings. The second kappa shape index (κ2) is 7.01. The van der Waals surface area contributed by atoms with Gasteiger partial charge in [-0.2, -0.15) is 0 Å². The van der Waals surface area contributed by atoms with Gasteiger partial charge < -0.3 is 10.6 Å². The van der Waals surface area contributed by atoms with E-state index in [1.54, 1.807) is 0 Å². The largest absolute Gasteiger partial charge is 0.356 e. The van der Waals surface area contributed by atoms with Gasteiger partial charge in [-0.15, -0.1) is 11.3 Å². The number of piperidine rings is 1. The van der Waals surface area contributed by atoms with Crippen molar-refractivity contribution in [1.82, 2.24) is 15.5 Å². The molecular weight excluding hydrogens is 292 g/mol. The molecule has 2 fully saturated rings. The fraction of sp³-hybridized carbons (Fsp3) is 0.706. The maximum Gasteiger partial charge on any atom is 0.191 e. The number of hydrogen-bond donors (Lipinski definition) is 2. The molecule has 122 valence electrons. The summed E-state index contributed by atoms with van der Waals surface area (Å²) in [6, 6.07) is 5.61. The summed E-state index contributed by atoms with van der Waals surface area (Å²) in [5.41, 5.74) is 0. The van der Waals surface area contributed by atoms with Gasteiger partial charge in [0.2, 0.25) is 0 Å². The smallest absolute Gasteiger partial charge is 0.191 e. The summed E-state index contributed by atoms with van der Waals surface area (Å²) < 4.78 is 0. The highest BCUT2D eigenvalue weighted by molar-refractivity contribution is 7.10. The van der Waals surface area contributed by atoms with E-state index in [-0.39, 0.29) is 0 Å². The Hall–Kier alpha value is -1.07. The zero-order valence-electron chi connectivity index (χ0n) is 13.9. The van der Waals surface area contributed by atoms with E-state index < -0.39 is 0 Å². The van der Waals surface area contributed by atoms with E-state index in [0.29, 0.717) is 18.0 Å². The molecule has 0 radical (unpaired) electrons. The van der Waals surface area contributed by atoms with Crippen molar-refractivity contribution in [3.63, 3.8) is 0 Å². The zero-order valence-corrected chi connectivity index (χ0v) is 14.7. The fourth-order valence-corrected chi connectivity index (χ4v) is 4.49. The Balaban J connectivity index is 1.59. The molecule has 1 aromatic heterocycles. The molecule has 1 aliphatic heterocycles. The maximum atomic E-state index is 4.38. The number of hydrogen-bond acceptors (Lipinski definition) is 3. The Morgan fingerprint density at radius 2 is 2.32 bits per heavy atom. The van der Waals surface area contributed by atoms with Crippen LogP contribution in [-0.2, 0) is 0 Å². The van der Waals surface area contributed by atoms with Crippen molar-refractivity contribution in [3.8, 4) is 0 Å². The van der Waals surface area contributed by atoms with Gasteiger partial charge >= 0.3 is 0 Å². The molecule has 2 N–H and O–H groups in total. The van der Waals surface area contributed by atoms with Crippen LogP contribution in [0.15, 0.2) is 22.5 Å². The second-order valence-corrected chi connectivity index (χ2v) is 7.74. The first-order chi connectivity index (χ1) is 10.7. The lowest BCUT2D eigenvalue weighted by molar-refractivity contribution is 0.125. The molecule has 1 saturated carbocycles. The first-order valence-corrected chi connectivity index (χ1v) is 9.28. The molecule has 0 spiro atoms. The van der Waals surface area contributed by atoms with Crippen molar-refractivity contribution < 1.29 is 0 Å². The minimum Gasteiger partial charge on any atom is -0.356 e. The third-order valence-electron chi connectivity index (χ3n) is 5.03. The summed E-state index contributed by atoms with van der Waals surface area (Å²) in [5.74, 6) is 2.40. The number of nitrogens with one attached hydrogen (secondary N) is 2. The monoisotopic (exact) mass is 320 g/mol. The molecule has 22 heavy (non-hydrogen) atoms. The Labute approximate surface area is 138 Å². The van der Waals surface area contributed by atoms with Gasteiger partial charge in [-0.1, -0.05) is 13.0 Å². The van der Waals surface area contributed by atoms with Gasteiger partial charge in [0.05, 0.1) is 0 Å². The van der Waals surface area contributed by atoms with Crippen molar-refractivity contribution in [3.05, 3.63) is 22.4 Å². The van der Waals surface area contributed by atoms with Gasteiger partial charge in [0, 0.05) is 30.6 Å². The number of likely N-dealkylation sites (tertiary alicyclic amines) is 1. The van der Waals surface area contributed by atoms with Crippen LogP contribution < -0.4 is 10.6 Å². The molecule has 0 aromatic carbocycles. The highest BCUT2D eigenvalue weighted by atomic mass is 32.1. The van der Waals surface area contributed by atoms with Crippen LogP contribution in [-0.4, -0.2) is 44.1 Å². The minimum absolute atomic E-state index is 0.541. The third-order valence-corrected chi connectivity index (χ3v) is 5.97. The molecule has 1 saturated heterocycles. The highest BCUT2D eigenvalue weighted by Gasteiger charge is 2.34. The van der Waals surface area contributed by atoms with Gasteiger partial charge in [0.15, 0.2) is 5.96 Å². The molecule has 4 unspecified atom stereocenters. The average molecular weight is 321 g/mol. The summed E-state index contributed by atoms with van der Waals surface area (Å²) in [7, 11) is 4.13. The van der Waals surface area contributed by atoms with Gasteiger partial charge in [-0.05, 0) is 56.1 Å². The highest BCUT2D eigenvalue weighted by Crippen LogP contribution is 2.36. The zero-order chi connectivity index (χ0) is 15.5. The maximum absolute atomic E-state index is 4.38. The number of aliphatic imine (C=N–C) groups is 1. The molecule has 0 amide bonds. The summed E-state index contributed by atoms with van der Waals surface area (Å²) in [6.07, 6.45) is 3.85. The fourth-order valence-electron chi connectivity index (χ4n) is 3.50. The number of nitrogens with zero attached hydrogens (tertiary/aromatic N) is 2. The van der Waals surface area contributed by atoms with Crippen LogP contribution in [0.3, 0.4) is 0 Å². The van der Waals surface area contributed by atoms with Gasteiger partial charge in [0.25, 0.3) is 0 Å². The minimum atomic E-state index is 0.541. The van der Waals surface area contributed by atoms with Crippen LogP contribution in [0.1, 0.15) is 37.1 Å². The Morgan fingerprint density at radius 3 is 2.95 bits per heavy atom. The Bertz CT molecular complexity index is 499. The lowest BCUT2D eigenvalue weighted by atomic mass is 9.88. The lowest BCUT2D eigenvalue weighted by Crippen LogP contribution is -2.45. The predicted molar refractivity (Wildman–Crippen MR) is 94.5 cm³/mol. The van der Waals surface area contributed by atoms with E-state index in [9.17, 15) is 0 Å². The Morgan fingerprint density at radius 1 is 1.50 bits per heavy atom. The van der Waals surface area contributed by atoms with Crippen LogP contribution in [0.4, 0.5) is 0 Å². The van der Waals surface area contributed by atoms with Crippen molar-refractivity contribution in [2.45, 2.75) is 38.3 Å². The van der Waals surface area contributed by atoms with Crippen LogP contribution in [0, 0.1) is 11.8 Å². The number of rotatable bonds is 4. The molecule has 3 rings (SSSR count). The van der Waals surface area contributed by atoms with Crippen molar-refractivity contribution in [2.24, 2.45) is 16.8 Å². The standard InChI is InChI=1S/C17H28N4S/c1-12-10-14(12)20-17(18-2)19-11-13-6-4-8-21(3)16(13)15-7-5-9-22-15/h5,7,9,12-14,16H,4,6,8,10-11H2,1-3H3,(H2,18,19,20). The summed E-state index contributed by atoms with van der Waals surface area (Å²) >= 11 is 1.88. The first-order valence-electron chi connectivity index (χ1n) is 8.40. The summed E-state index contributed by atoms with van der Waals surface area (Å²) in [4.78, 5) is 8.39. The van der Waals surface area contributed by atoms with E-state index in [1.807, 2.05) is 18.4 Å². The van der Waals surface area contributed by atoms with Gasteiger partial charge in [-0.25, -0.2) is 0 Å². The van der Waals surface area contributed by atoms with Gasteiger partial charge in [-0.3, -0.25) is 9.89 Å². The third kappa shape index (κ3) is 3.63. The molecule has 5 heteroatoms. The molecule has 4 atom stereocenters. The topological polar surface area (TPSA) is 39.7 Å². The molecule has 0 bridgehead atoms. The molecule has 1 aliphatic carbocycles. The quantitative estimate of drug-likeness (QED) is 0.662. The Kier molecular flexibility index (Phi) is 5.03. The van der Waals surface area contributed by atoms with E-state index in [2.05, 4.69) is 52.0 Å². The van der Waals surface area contributed by atoms with E-state index in [4.69, 9.17) is 0 Å². The van der Waals surface area contributed by atoms with Crippen LogP contribution >= 0.6 is 11.3 Å². The predicted octanol–water partition coefficient (Wildman–Crippen LogP) is 2.70. The van der Waals surface area contributed by atoms with Crippen molar-refractivity contribution in [1.29, 1.82) is 0 Å². The number of thiophene rings is 1. The first kappa shape index (κ1) is 15.8. The average Bonchev–Trinajstić information content (AvgIpc) is 2.99. The summed E-state index contributed by atoms with van der Waals surface area (Å²) in [5, 5.41) is 9.27. The van der Waals surface area contributed by atoms with Crippen LogP contribution in [0.5, 0.6) is 0 Å². The normalized spacial score (nSPS) is 32.8. The molecular formula is C17H28N4S.